The molecule has 0 spiro atoms. The smallest absolute Gasteiger partial charge is 0.338 e. The zero-order valence-electron chi connectivity index (χ0n) is 24.2. The van der Waals surface area contributed by atoms with Crippen LogP contribution in [0.25, 0.3) is 0 Å². The van der Waals surface area contributed by atoms with Crippen molar-refractivity contribution >= 4 is 22.1 Å². The summed E-state index contributed by atoms with van der Waals surface area (Å²) in [6, 6.07) is 2.45. The van der Waals surface area contributed by atoms with E-state index < -0.39 is 32.5 Å². The summed E-state index contributed by atoms with van der Waals surface area (Å²) >= 11 is 0. The number of quaternary nitrogens is 1. The predicted octanol–water partition coefficient (Wildman–Crippen LogP) is 4.80. The third kappa shape index (κ3) is 16.0. The number of benzene rings is 1. The molecule has 3 N–H and O–H groups in total. The topological polar surface area (TPSA) is 147 Å². The van der Waals surface area contributed by atoms with Crippen molar-refractivity contribution in [2.24, 2.45) is 0 Å². The van der Waals surface area contributed by atoms with E-state index in [-0.39, 0.29) is 32.0 Å². The molecular formula is C28H50NO9S+. The van der Waals surface area contributed by atoms with Gasteiger partial charge in [0.2, 0.25) is 0 Å². The van der Waals surface area contributed by atoms with Crippen molar-refractivity contribution in [3.63, 3.8) is 0 Å². The summed E-state index contributed by atoms with van der Waals surface area (Å²) in [5.74, 6) is -2.44. The molecule has 0 aliphatic heterocycles. The van der Waals surface area contributed by atoms with Gasteiger partial charge in [-0.1, -0.05) is 53.4 Å². The number of aliphatic hydroxyl groups excluding tert-OH is 1. The summed E-state index contributed by atoms with van der Waals surface area (Å²) in [6.45, 7) is 14.7. The van der Waals surface area contributed by atoms with Gasteiger partial charge in [-0.05, 0) is 43.9 Å². The van der Waals surface area contributed by atoms with E-state index in [0.29, 0.717) is 0 Å². The van der Waals surface area contributed by atoms with Crippen LogP contribution in [0, 0.1) is 0 Å². The number of hydrogen-bond acceptors (Lipinski definition) is 7. The van der Waals surface area contributed by atoms with Gasteiger partial charge in [-0.2, -0.15) is 8.42 Å². The molecule has 0 aliphatic carbocycles. The lowest BCUT2D eigenvalue weighted by atomic mass is 10.1. The second-order valence-corrected chi connectivity index (χ2v) is 11.1. The minimum atomic E-state index is -4.67. The molecule has 1 rings (SSSR count). The zero-order chi connectivity index (χ0) is 29.7. The van der Waals surface area contributed by atoms with Crippen LogP contribution in [-0.4, -0.2) is 92.2 Å². The van der Waals surface area contributed by atoms with Gasteiger partial charge in [0.25, 0.3) is 10.1 Å². The average Bonchev–Trinajstić information content (AvgIpc) is 2.91. The highest BCUT2D eigenvalue weighted by atomic mass is 32.2. The van der Waals surface area contributed by atoms with Crippen LogP contribution in [0.4, 0.5) is 0 Å². The number of aromatic carboxylic acids is 1. The molecule has 39 heavy (non-hydrogen) atoms. The number of esters is 1. The van der Waals surface area contributed by atoms with Crippen molar-refractivity contribution in [1.82, 2.24) is 0 Å². The molecule has 0 amide bonds. The van der Waals surface area contributed by atoms with Crippen LogP contribution in [0.1, 0.15) is 99.8 Å². The van der Waals surface area contributed by atoms with Gasteiger partial charge in [0.1, 0.15) is 6.61 Å². The molecule has 10 nitrogen and oxygen atoms in total. The number of carboxylic acids is 1. The third-order valence-electron chi connectivity index (χ3n) is 6.33. The lowest BCUT2D eigenvalue weighted by Gasteiger charge is -2.39. The summed E-state index contributed by atoms with van der Waals surface area (Å²) < 4.78 is 42.2. The maximum atomic E-state index is 11.7. The Balaban J connectivity index is 0.000000768. The average molecular weight is 577 g/mol. The van der Waals surface area contributed by atoms with Crippen molar-refractivity contribution in [3.05, 3.63) is 29.3 Å². The van der Waals surface area contributed by atoms with Gasteiger partial charge in [0, 0.05) is 0 Å². The molecule has 0 fully saturated rings. The van der Waals surface area contributed by atoms with Gasteiger partial charge in [-0.15, -0.1) is 0 Å². The van der Waals surface area contributed by atoms with Gasteiger partial charge in [0.05, 0.1) is 62.0 Å². The summed E-state index contributed by atoms with van der Waals surface area (Å²) in [4.78, 5) is 21.9. The largest absolute Gasteiger partial charge is 0.478 e. The summed E-state index contributed by atoms with van der Waals surface area (Å²) in [5.41, 5.74) is -0.826. The van der Waals surface area contributed by atoms with Crippen molar-refractivity contribution < 1.29 is 46.7 Å². The van der Waals surface area contributed by atoms with Gasteiger partial charge < -0.3 is 24.2 Å². The Bertz CT molecular complexity index is 897. The molecule has 0 aliphatic rings. The maximum absolute atomic E-state index is 11.7. The first-order chi connectivity index (χ1) is 18.5. The Morgan fingerprint density at radius 2 is 1.23 bits per heavy atom. The van der Waals surface area contributed by atoms with Crippen LogP contribution >= 0.6 is 0 Å². The predicted molar refractivity (Wildman–Crippen MR) is 151 cm³/mol. The Morgan fingerprint density at radius 1 is 0.769 bits per heavy atom. The molecule has 11 heteroatoms. The summed E-state index contributed by atoms with van der Waals surface area (Å²) in [7, 11) is -4.67. The van der Waals surface area contributed by atoms with Gasteiger partial charge in [-0.25, -0.2) is 9.59 Å². The van der Waals surface area contributed by atoms with Crippen LogP contribution in [-0.2, 0) is 19.6 Å². The molecule has 1 aromatic rings. The fourth-order valence-corrected chi connectivity index (χ4v) is 4.63. The van der Waals surface area contributed by atoms with Crippen LogP contribution in [0.2, 0.25) is 0 Å². The maximum Gasteiger partial charge on any atom is 0.338 e. The second-order valence-electron chi connectivity index (χ2n) is 9.65. The minimum absolute atomic E-state index is 0.01000. The van der Waals surface area contributed by atoms with E-state index in [1.165, 1.54) is 82.0 Å². The lowest BCUT2D eigenvalue weighted by Crippen LogP contribution is -2.50. The lowest BCUT2D eigenvalue weighted by molar-refractivity contribution is -0.929. The molecule has 1 aromatic carbocycles. The standard InChI is InChI=1S/C16H36N.C12H14O9S/c1-5-9-13-17(14-10-6-2,15-11-7-3)16-12-8-4;13-1-2-20-3-4-21-12(16)9-5-8(11(14)15)6-10(7-9)22(17,18)19/h5-16H2,1-4H3;5-7,13H,1-4H2,(H,14,15)(H,17,18,19)/q+1;. The van der Waals surface area contributed by atoms with E-state index in [1.807, 2.05) is 0 Å². The molecule has 0 saturated heterocycles. The van der Waals surface area contributed by atoms with Crippen molar-refractivity contribution in [1.29, 1.82) is 0 Å². The Labute approximate surface area is 234 Å². The van der Waals surface area contributed by atoms with Gasteiger partial charge in [-0.3, -0.25) is 4.55 Å². The molecule has 226 valence electrons. The zero-order valence-corrected chi connectivity index (χ0v) is 25.0. The number of carbonyl (C=O) groups is 2. The first-order valence-corrected chi connectivity index (χ1v) is 15.5. The van der Waals surface area contributed by atoms with Crippen LogP contribution in [0.5, 0.6) is 0 Å². The van der Waals surface area contributed by atoms with Gasteiger partial charge >= 0.3 is 11.9 Å². The minimum Gasteiger partial charge on any atom is -0.478 e. The fourth-order valence-electron chi connectivity index (χ4n) is 4.08. The van der Waals surface area contributed by atoms with Crippen LogP contribution < -0.4 is 0 Å². The Kier molecular flexibility index (Phi) is 19.7. The number of carboxylic acid groups (broad SMARTS) is 1. The third-order valence-corrected chi connectivity index (χ3v) is 7.16. The van der Waals surface area contributed by atoms with Crippen molar-refractivity contribution in [2.45, 2.75) is 84.0 Å². The Hall–Kier alpha value is -2.05. The quantitative estimate of drug-likeness (QED) is 0.0861. The van der Waals surface area contributed by atoms with Crippen LogP contribution in [0.15, 0.2) is 23.1 Å². The number of aliphatic hydroxyl groups is 1. The highest BCUT2D eigenvalue weighted by molar-refractivity contribution is 7.85. The molecule has 0 heterocycles. The highest BCUT2D eigenvalue weighted by Gasteiger charge is 2.24. The molecular weight excluding hydrogens is 526 g/mol. The molecule has 0 saturated carbocycles. The number of carbonyl (C=O) groups excluding carboxylic acids is 1. The van der Waals surface area contributed by atoms with Crippen LogP contribution in [0.3, 0.4) is 0 Å². The first kappa shape index (κ1) is 37.0. The molecule has 0 aromatic heterocycles. The van der Waals surface area contributed by atoms with Crippen molar-refractivity contribution in [3.8, 4) is 0 Å². The van der Waals surface area contributed by atoms with E-state index in [0.717, 1.165) is 18.2 Å². The SMILES string of the molecule is CCCC[N+](CCCC)(CCCC)CCCC.O=C(O)c1cc(C(=O)OCCOCCO)cc(S(=O)(=O)O)c1. The van der Waals surface area contributed by atoms with E-state index in [2.05, 4.69) is 27.7 Å². The van der Waals surface area contributed by atoms with E-state index in [9.17, 15) is 18.0 Å². The van der Waals surface area contributed by atoms with E-state index in [4.69, 9.17) is 24.2 Å². The summed E-state index contributed by atoms with van der Waals surface area (Å²) in [6.07, 6.45) is 11.1. The fraction of sp³-hybridized carbons (Fsp3) is 0.714. The normalized spacial score (nSPS) is 11.5. The van der Waals surface area contributed by atoms with E-state index >= 15 is 0 Å². The number of ether oxygens (including phenoxy) is 2. The molecule has 0 unspecified atom stereocenters. The number of rotatable bonds is 20. The monoisotopic (exact) mass is 576 g/mol. The molecule has 0 radical (unpaired) electrons. The number of unbranched alkanes of at least 4 members (excludes halogenated alkanes) is 4. The number of hydrogen-bond donors (Lipinski definition) is 3. The van der Waals surface area contributed by atoms with Crippen molar-refractivity contribution in [2.75, 3.05) is 52.6 Å². The number of nitrogens with zero attached hydrogens (tertiary/aromatic N) is 1. The first-order valence-electron chi connectivity index (χ1n) is 14.1. The molecule has 0 bridgehead atoms. The Morgan fingerprint density at radius 3 is 1.62 bits per heavy atom. The molecule has 0 atom stereocenters. The van der Waals surface area contributed by atoms with E-state index in [1.54, 1.807) is 0 Å². The second kappa shape index (κ2) is 20.8. The highest BCUT2D eigenvalue weighted by Crippen LogP contribution is 2.17. The summed E-state index contributed by atoms with van der Waals surface area (Å²) in [5, 5.41) is 17.4. The van der Waals surface area contributed by atoms with Gasteiger partial charge in [0.15, 0.2) is 0 Å².